The van der Waals surface area contributed by atoms with Gasteiger partial charge in [-0.25, -0.2) is 21.1 Å². The molecule has 3 aromatic rings. The van der Waals surface area contributed by atoms with Crippen molar-refractivity contribution < 1.29 is 16.8 Å². The summed E-state index contributed by atoms with van der Waals surface area (Å²) in [5.74, 6) is 0. The van der Waals surface area contributed by atoms with Gasteiger partial charge in [-0.15, -0.1) is 0 Å². The molecule has 0 fully saturated rings. The Balaban J connectivity index is 1.94. The van der Waals surface area contributed by atoms with Crippen LogP contribution in [0, 0.1) is 0 Å². The lowest BCUT2D eigenvalue weighted by atomic mass is 10.0. The number of para-hydroxylation sites is 1. The van der Waals surface area contributed by atoms with Gasteiger partial charge >= 0.3 is 0 Å². The van der Waals surface area contributed by atoms with Crippen LogP contribution in [0.3, 0.4) is 0 Å². The fourth-order valence-corrected chi connectivity index (χ4v) is 4.63. The van der Waals surface area contributed by atoms with Gasteiger partial charge in [0.1, 0.15) is 0 Å². The lowest BCUT2D eigenvalue weighted by Gasteiger charge is -2.14. The van der Waals surface area contributed by atoms with E-state index in [0.29, 0.717) is 5.69 Å². The van der Waals surface area contributed by atoms with Gasteiger partial charge in [-0.1, -0.05) is 48.5 Å². The molecule has 6 nitrogen and oxygen atoms in total. The second-order valence-electron chi connectivity index (χ2n) is 6.28. The minimum Gasteiger partial charge on any atom is -0.279 e. The maximum atomic E-state index is 12.8. The Hall–Kier alpha value is -2.68. The van der Waals surface area contributed by atoms with Crippen LogP contribution in [0.4, 0.5) is 5.69 Å². The number of rotatable bonds is 6. The molecule has 0 bridgehead atoms. The van der Waals surface area contributed by atoms with Crippen molar-refractivity contribution in [2.45, 2.75) is 9.79 Å². The Morgan fingerprint density at radius 1 is 0.679 bits per heavy atom. The Labute approximate surface area is 165 Å². The molecule has 0 atom stereocenters. The Morgan fingerprint density at radius 2 is 1.21 bits per heavy atom. The van der Waals surface area contributed by atoms with Crippen LogP contribution in [0.25, 0.3) is 11.1 Å². The van der Waals surface area contributed by atoms with E-state index in [1.54, 1.807) is 12.1 Å². The van der Waals surface area contributed by atoms with Crippen molar-refractivity contribution in [3.05, 3.63) is 78.9 Å². The maximum absolute atomic E-state index is 12.8. The Bertz CT molecular complexity index is 1170. The molecule has 3 rings (SSSR count). The summed E-state index contributed by atoms with van der Waals surface area (Å²) in [7, 11) is -4.67. The van der Waals surface area contributed by atoms with Crippen LogP contribution in [-0.4, -0.2) is 35.2 Å². The van der Waals surface area contributed by atoms with Crippen molar-refractivity contribution in [1.29, 1.82) is 0 Å². The Kier molecular flexibility index (Phi) is 5.55. The molecule has 0 unspecified atom stereocenters. The molecule has 0 saturated carbocycles. The van der Waals surface area contributed by atoms with Gasteiger partial charge in [-0.3, -0.25) is 4.72 Å². The predicted molar refractivity (Wildman–Crippen MR) is 110 cm³/mol. The number of benzene rings is 3. The van der Waals surface area contributed by atoms with Crippen molar-refractivity contribution in [2.75, 3.05) is 18.8 Å². The molecule has 8 heteroatoms. The predicted octanol–water partition coefficient (Wildman–Crippen LogP) is 3.40. The van der Waals surface area contributed by atoms with E-state index in [-0.39, 0.29) is 9.79 Å². The lowest BCUT2D eigenvalue weighted by molar-refractivity contribution is 0.520. The number of hydrogen-bond donors (Lipinski definition) is 1. The van der Waals surface area contributed by atoms with E-state index < -0.39 is 20.0 Å². The molecule has 146 valence electrons. The van der Waals surface area contributed by atoms with Crippen LogP contribution in [0.5, 0.6) is 0 Å². The molecule has 0 heterocycles. The Morgan fingerprint density at radius 3 is 1.82 bits per heavy atom. The third-order valence-electron chi connectivity index (χ3n) is 4.17. The number of hydrogen-bond acceptors (Lipinski definition) is 4. The maximum Gasteiger partial charge on any atom is 0.261 e. The molecule has 0 aliphatic heterocycles. The third-order valence-corrected chi connectivity index (χ3v) is 7.38. The zero-order valence-corrected chi connectivity index (χ0v) is 17.0. The highest BCUT2D eigenvalue weighted by Gasteiger charge is 2.20. The SMILES string of the molecule is CN(C)S(=O)(=O)c1ccc(S(=O)(=O)Nc2ccccc2-c2ccccc2)cc1. The van der Waals surface area contributed by atoms with E-state index in [2.05, 4.69) is 4.72 Å². The molecule has 3 aromatic carbocycles. The van der Waals surface area contributed by atoms with Crippen molar-refractivity contribution in [2.24, 2.45) is 0 Å². The number of nitrogens with zero attached hydrogens (tertiary/aromatic N) is 1. The number of nitrogens with one attached hydrogen (secondary N) is 1. The zero-order chi connectivity index (χ0) is 20.4. The highest BCUT2D eigenvalue weighted by molar-refractivity contribution is 7.92. The van der Waals surface area contributed by atoms with E-state index >= 15 is 0 Å². The summed E-state index contributed by atoms with van der Waals surface area (Å²) in [5, 5.41) is 0. The molecule has 1 N–H and O–H groups in total. The summed E-state index contributed by atoms with van der Waals surface area (Å²) in [6.45, 7) is 0. The van der Waals surface area contributed by atoms with Crippen molar-refractivity contribution in [3.8, 4) is 11.1 Å². The number of anilines is 1. The first kappa shape index (κ1) is 20.1. The summed E-state index contributed by atoms with van der Waals surface area (Å²) >= 11 is 0. The van der Waals surface area contributed by atoms with Crippen molar-refractivity contribution in [3.63, 3.8) is 0 Å². The van der Waals surface area contributed by atoms with E-state index in [1.165, 1.54) is 38.4 Å². The monoisotopic (exact) mass is 416 g/mol. The summed E-state index contributed by atoms with van der Waals surface area (Å²) in [6, 6.07) is 21.7. The van der Waals surface area contributed by atoms with Crippen LogP contribution in [0.2, 0.25) is 0 Å². The first-order chi connectivity index (χ1) is 13.2. The molecule has 0 aliphatic rings. The average Bonchev–Trinajstić information content (AvgIpc) is 2.69. The van der Waals surface area contributed by atoms with Crippen LogP contribution in [-0.2, 0) is 20.0 Å². The molecule has 0 saturated heterocycles. The molecule has 0 spiro atoms. The van der Waals surface area contributed by atoms with Gasteiger partial charge in [-0.2, -0.15) is 0 Å². The molecule has 0 amide bonds. The first-order valence-electron chi connectivity index (χ1n) is 8.42. The van der Waals surface area contributed by atoms with Crippen LogP contribution in [0.1, 0.15) is 0 Å². The molecule has 0 aromatic heterocycles. The molecule has 0 aliphatic carbocycles. The third kappa shape index (κ3) is 4.09. The smallest absolute Gasteiger partial charge is 0.261 e. The quantitative estimate of drug-likeness (QED) is 0.668. The summed E-state index contributed by atoms with van der Waals surface area (Å²) in [6.07, 6.45) is 0. The van der Waals surface area contributed by atoms with Gasteiger partial charge in [0.05, 0.1) is 15.5 Å². The van der Waals surface area contributed by atoms with E-state index in [9.17, 15) is 16.8 Å². The van der Waals surface area contributed by atoms with E-state index in [4.69, 9.17) is 0 Å². The molecule has 0 radical (unpaired) electrons. The van der Waals surface area contributed by atoms with Crippen LogP contribution < -0.4 is 4.72 Å². The van der Waals surface area contributed by atoms with Gasteiger partial charge in [0.2, 0.25) is 10.0 Å². The van der Waals surface area contributed by atoms with E-state index in [1.807, 2.05) is 42.5 Å². The summed E-state index contributed by atoms with van der Waals surface area (Å²) < 4.78 is 53.6. The largest absolute Gasteiger partial charge is 0.279 e. The van der Waals surface area contributed by atoms with Crippen molar-refractivity contribution >= 4 is 25.7 Å². The lowest BCUT2D eigenvalue weighted by Crippen LogP contribution is -2.22. The normalized spacial score (nSPS) is 12.1. The first-order valence-corrected chi connectivity index (χ1v) is 11.3. The van der Waals surface area contributed by atoms with Crippen molar-refractivity contribution in [1.82, 2.24) is 4.31 Å². The van der Waals surface area contributed by atoms with Crippen LogP contribution in [0.15, 0.2) is 88.7 Å². The fourth-order valence-electron chi connectivity index (χ4n) is 2.65. The molecular weight excluding hydrogens is 396 g/mol. The highest BCUT2D eigenvalue weighted by Crippen LogP contribution is 2.29. The average molecular weight is 417 g/mol. The van der Waals surface area contributed by atoms with Gasteiger partial charge in [0.25, 0.3) is 10.0 Å². The van der Waals surface area contributed by atoms with Gasteiger partial charge in [-0.05, 0) is 35.9 Å². The molecular formula is C20H20N2O4S2. The zero-order valence-electron chi connectivity index (χ0n) is 15.4. The standard InChI is InChI=1S/C20H20N2O4S2/c1-22(2)28(25,26)18-14-12-17(13-15-18)27(23,24)21-20-11-7-6-10-19(20)16-8-4-3-5-9-16/h3-15,21H,1-2H3. The highest BCUT2D eigenvalue weighted by atomic mass is 32.2. The fraction of sp³-hybridized carbons (Fsp3) is 0.100. The summed E-state index contributed by atoms with van der Waals surface area (Å²) in [5.41, 5.74) is 2.07. The van der Waals surface area contributed by atoms with Gasteiger partial charge < -0.3 is 0 Å². The van der Waals surface area contributed by atoms with Gasteiger partial charge in [0.15, 0.2) is 0 Å². The minimum atomic E-state index is -3.88. The van der Waals surface area contributed by atoms with Crippen LogP contribution >= 0.6 is 0 Å². The second-order valence-corrected chi connectivity index (χ2v) is 10.1. The minimum absolute atomic E-state index is 0.0203. The topological polar surface area (TPSA) is 83.6 Å². The number of sulfonamides is 2. The molecule has 28 heavy (non-hydrogen) atoms. The van der Waals surface area contributed by atoms with E-state index in [0.717, 1.165) is 15.4 Å². The van der Waals surface area contributed by atoms with Gasteiger partial charge in [0, 0.05) is 19.7 Å². The second kappa shape index (κ2) is 7.75. The summed E-state index contributed by atoms with van der Waals surface area (Å²) in [4.78, 5) is 0.00852.